The van der Waals surface area contributed by atoms with Crippen LogP contribution in [0.5, 0.6) is 5.88 Å². The number of imidazole rings is 1. The molecule has 0 amide bonds. The quantitative estimate of drug-likeness (QED) is 0.615. The largest absolute Gasteiger partial charge is 0.493 e. The first-order chi connectivity index (χ1) is 5.27. The summed E-state index contributed by atoms with van der Waals surface area (Å²) in [5.74, 6) is -0.344. The molecule has 0 aliphatic carbocycles. The monoisotopic (exact) mass is 152 g/mol. The van der Waals surface area contributed by atoms with Gasteiger partial charge in [-0.25, -0.2) is 9.37 Å². The van der Waals surface area contributed by atoms with E-state index >= 15 is 0 Å². The molecular formula is C7H5FN2O. The molecule has 0 aliphatic rings. The molecule has 0 radical (unpaired) electrons. The number of hydrogen-bond acceptors (Lipinski definition) is 2. The van der Waals surface area contributed by atoms with Crippen LogP contribution in [-0.2, 0) is 0 Å². The van der Waals surface area contributed by atoms with Gasteiger partial charge in [-0.1, -0.05) is 0 Å². The van der Waals surface area contributed by atoms with Gasteiger partial charge in [0.1, 0.15) is 11.5 Å². The van der Waals surface area contributed by atoms with Gasteiger partial charge in [0.05, 0.1) is 6.20 Å². The van der Waals surface area contributed by atoms with Gasteiger partial charge in [0, 0.05) is 12.3 Å². The Bertz CT molecular complexity index is 396. The molecule has 0 unspecified atom stereocenters. The van der Waals surface area contributed by atoms with E-state index in [0.29, 0.717) is 5.65 Å². The molecule has 0 atom stereocenters. The van der Waals surface area contributed by atoms with Gasteiger partial charge in [-0.3, -0.25) is 4.40 Å². The minimum Gasteiger partial charge on any atom is -0.493 e. The van der Waals surface area contributed by atoms with Gasteiger partial charge in [-0.05, 0) is 6.07 Å². The number of fused-ring (bicyclic) bond motifs is 1. The van der Waals surface area contributed by atoms with E-state index in [2.05, 4.69) is 4.98 Å². The van der Waals surface area contributed by atoms with Crippen LogP contribution in [0.1, 0.15) is 0 Å². The molecule has 2 aromatic rings. The summed E-state index contributed by atoms with van der Waals surface area (Å²) < 4.78 is 13.9. The summed E-state index contributed by atoms with van der Waals surface area (Å²) in [7, 11) is 0. The molecule has 0 spiro atoms. The van der Waals surface area contributed by atoms with Crippen LogP contribution in [0, 0.1) is 5.82 Å². The number of rotatable bonds is 0. The molecule has 2 rings (SSSR count). The summed E-state index contributed by atoms with van der Waals surface area (Å²) in [5.41, 5.74) is 0.405. The van der Waals surface area contributed by atoms with E-state index < -0.39 is 0 Å². The lowest BCUT2D eigenvalue weighted by Gasteiger charge is -1.92. The van der Waals surface area contributed by atoms with E-state index in [1.165, 1.54) is 28.9 Å². The Kier molecular flexibility index (Phi) is 1.09. The summed E-state index contributed by atoms with van der Waals surface area (Å²) in [6.07, 6.45) is 2.70. The number of nitrogens with zero attached hydrogens (tertiary/aromatic N) is 2. The zero-order chi connectivity index (χ0) is 7.84. The van der Waals surface area contributed by atoms with Crippen molar-refractivity contribution in [3.63, 3.8) is 0 Å². The Labute approximate surface area is 61.7 Å². The smallest absolute Gasteiger partial charge is 0.215 e. The third-order valence-electron chi connectivity index (χ3n) is 1.46. The highest BCUT2D eigenvalue weighted by Gasteiger charge is 2.00. The van der Waals surface area contributed by atoms with E-state index in [0.717, 1.165) is 0 Å². The number of pyridine rings is 1. The second-order valence-corrected chi connectivity index (χ2v) is 2.19. The Morgan fingerprint density at radius 1 is 1.55 bits per heavy atom. The molecule has 2 aromatic heterocycles. The lowest BCUT2D eigenvalue weighted by molar-refractivity contribution is 0.448. The highest BCUT2D eigenvalue weighted by atomic mass is 19.1. The summed E-state index contributed by atoms with van der Waals surface area (Å²) >= 11 is 0. The van der Waals surface area contributed by atoms with Gasteiger partial charge in [-0.15, -0.1) is 0 Å². The maximum absolute atomic E-state index is 12.5. The van der Waals surface area contributed by atoms with Crippen LogP contribution in [0.2, 0.25) is 0 Å². The van der Waals surface area contributed by atoms with Crippen LogP contribution in [0.3, 0.4) is 0 Å². The van der Waals surface area contributed by atoms with Crippen molar-refractivity contribution < 1.29 is 9.50 Å². The van der Waals surface area contributed by atoms with Gasteiger partial charge in [0.15, 0.2) is 0 Å². The van der Waals surface area contributed by atoms with E-state index in [4.69, 9.17) is 5.11 Å². The molecule has 4 heteroatoms. The fourth-order valence-corrected chi connectivity index (χ4v) is 0.942. The number of halogens is 1. The Morgan fingerprint density at radius 3 is 3.18 bits per heavy atom. The van der Waals surface area contributed by atoms with Gasteiger partial charge in [-0.2, -0.15) is 0 Å². The number of aromatic hydroxyl groups is 1. The first-order valence-corrected chi connectivity index (χ1v) is 3.09. The van der Waals surface area contributed by atoms with Crippen molar-refractivity contribution in [3.05, 3.63) is 30.3 Å². The zero-order valence-corrected chi connectivity index (χ0v) is 5.53. The van der Waals surface area contributed by atoms with Crippen molar-refractivity contribution in [2.45, 2.75) is 0 Å². The molecule has 0 aromatic carbocycles. The van der Waals surface area contributed by atoms with Crippen molar-refractivity contribution in [1.82, 2.24) is 9.38 Å². The minimum absolute atomic E-state index is 0.0139. The zero-order valence-electron chi connectivity index (χ0n) is 5.53. The SMILES string of the molecule is Oc1cnc2cc(F)ccn12. The molecule has 0 saturated carbocycles. The summed E-state index contributed by atoms with van der Waals surface area (Å²) in [5, 5.41) is 9.08. The fraction of sp³-hybridized carbons (Fsp3) is 0. The molecule has 0 aliphatic heterocycles. The lowest BCUT2D eigenvalue weighted by Crippen LogP contribution is -1.83. The van der Waals surface area contributed by atoms with Crippen LogP contribution in [0.15, 0.2) is 24.5 Å². The van der Waals surface area contributed by atoms with E-state index in [1.54, 1.807) is 0 Å². The van der Waals surface area contributed by atoms with Crippen molar-refractivity contribution in [2.75, 3.05) is 0 Å². The number of hydrogen-bond donors (Lipinski definition) is 1. The van der Waals surface area contributed by atoms with Crippen molar-refractivity contribution in [2.24, 2.45) is 0 Å². The van der Waals surface area contributed by atoms with Crippen molar-refractivity contribution in [3.8, 4) is 5.88 Å². The Morgan fingerprint density at radius 2 is 2.36 bits per heavy atom. The summed E-state index contributed by atoms with van der Waals surface area (Å²) in [4.78, 5) is 3.75. The second-order valence-electron chi connectivity index (χ2n) is 2.19. The van der Waals surface area contributed by atoms with Crippen molar-refractivity contribution >= 4 is 5.65 Å². The van der Waals surface area contributed by atoms with Crippen LogP contribution in [0.4, 0.5) is 4.39 Å². The van der Waals surface area contributed by atoms with Crippen LogP contribution >= 0.6 is 0 Å². The van der Waals surface area contributed by atoms with Gasteiger partial charge in [0.2, 0.25) is 5.88 Å². The maximum Gasteiger partial charge on any atom is 0.215 e. The molecule has 0 fully saturated rings. The second kappa shape index (κ2) is 1.95. The van der Waals surface area contributed by atoms with Gasteiger partial charge < -0.3 is 5.11 Å². The average Bonchev–Trinajstić information content (AvgIpc) is 2.32. The summed E-state index contributed by atoms with van der Waals surface area (Å²) in [6, 6.07) is 2.51. The average molecular weight is 152 g/mol. The molecule has 2 heterocycles. The third kappa shape index (κ3) is 0.832. The van der Waals surface area contributed by atoms with Gasteiger partial charge >= 0.3 is 0 Å². The predicted molar refractivity (Wildman–Crippen MR) is 36.8 cm³/mol. The standard InChI is InChI=1S/C7H5FN2O/c8-5-1-2-10-6(3-5)9-4-7(10)11/h1-4,11H. The predicted octanol–water partition coefficient (Wildman–Crippen LogP) is 1.18. The normalized spacial score (nSPS) is 10.6. The molecule has 0 bridgehead atoms. The van der Waals surface area contributed by atoms with Crippen LogP contribution in [-0.4, -0.2) is 14.5 Å². The molecule has 56 valence electrons. The van der Waals surface area contributed by atoms with E-state index in [1.807, 2.05) is 0 Å². The Balaban J connectivity index is 2.86. The van der Waals surface area contributed by atoms with E-state index in [-0.39, 0.29) is 11.7 Å². The van der Waals surface area contributed by atoms with E-state index in [9.17, 15) is 4.39 Å². The Hall–Kier alpha value is -1.58. The number of aromatic nitrogens is 2. The molecule has 1 N–H and O–H groups in total. The first kappa shape index (κ1) is 6.15. The highest BCUT2D eigenvalue weighted by molar-refractivity contribution is 5.41. The topological polar surface area (TPSA) is 37.5 Å². The molecule has 11 heavy (non-hydrogen) atoms. The van der Waals surface area contributed by atoms with Crippen molar-refractivity contribution in [1.29, 1.82) is 0 Å². The minimum atomic E-state index is -0.358. The third-order valence-corrected chi connectivity index (χ3v) is 1.46. The van der Waals surface area contributed by atoms with Gasteiger partial charge in [0.25, 0.3) is 0 Å². The fourth-order valence-electron chi connectivity index (χ4n) is 0.942. The van der Waals surface area contributed by atoms with Crippen LogP contribution in [0.25, 0.3) is 5.65 Å². The molecular weight excluding hydrogens is 147 g/mol. The maximum atomic E-state index is 12.5. The lowest BCUT2D eigenvalue weighted by atomic mass is 10.4. The highest BCUT2D eigenvalue weighted by Crippen LogP contribution is 2.12. The first-order valence-electron chi connectivity index (χ1n) is 3.09. The molecule has 3 nitrogen and oxygen atoms in total. The summed E-state index contributed by atoms with van der Waals surface area (Å²) in [6.45, 7) is 0. The van der Waals surface area contributed by atoms with Crippen LogP contribution < -0.4 is 0 Å². The molecule has 0 saturated heterocycles.